The van der Waals surface area contributed by atoms with Crippen LogP contribution in [-0.2, 0) is 13.0 Å². The standard InChI is InChI=1S/C11H15N3O/c1-9(2)5-10-6-13-14(7-10)8-11-12-3-4-15-11/h3-4,6-7,9H,5,8H2,1-2H3. The number of rotatable bonds is 4. The Morgan fingerprint density at radius 1 is 1.47 bits per heavy atom. The minimum atomic E-state index is 0.602. The third kappa shape index (κ3) is 2.68. The molecule has 0 saturated heterocycles. The SMILES string of the molecule is CC(C)Cc1cnn(Cc2ncco2)c1. The Labute approximate surface area is 88.9 Å². The van der Waals surface area contributed by atoms with Crippen molar-refractivity contribution in [3.05, 3.63) is 36.3 Å². The quantitative estimate of drug-likeness (QED) is 0.767. The van der Waals surface area contributed by atoms with Crippen molar-refractivity contribution in [2.24, 2.45) is 5.92 Å². The molecule has 15 heavy (non-hydrogen) atoms. The molecular formula is C11H15N3O. The van der Waals surface area contributed by atoms with E-state index >= 15 is 0 Å². The Kier molecular flexibility index (Phi) is 2.85. The summed E-state index contributed by atoms with van der Waals surface area (Å²) >= 11 is 0. The lowest BCUT2D eigenvalue weighted by molar-refractivity contribution is 0.465. The molecule has 0 atom stereocenters. The first-order chi connectivity index (χ1) is 7.24. The predicted octanol–water partition coefficient (Wildman–Crippen LogP) is 2.12. The van der Waals surface area contributed by atoms with Gasteiger partial charge in [0.15, 0.2) is 0 Å². The molecule has 0 aliphatic heterocycles. The zero-order chi connectivity index (χ0) is 10.7. The topological polar surface area (TPSA) is 43.9 Å². The van der Waals surface area contributed by atoms with Crippen LogP contribution in [0.15, 0.2) is 29.3 Å². The van der Waals surface area contributed by atoms with E-state index in [0.717, 1.165) is 6.42 Å². The van der Waals surface area contributed by atoms with Crippen LogP contribution in [0.25, 0.3) is 0 Å². The van der Waals surface area contributed by atoms with E-state index in [1.807, 2.05) is 17.1 Å². The van der Waals surface area contributed by atoms with Gasteiger partial charge in [0.2, 0.25) is 5.89 Å². The minimum absolute atomic E-state index is 0.602. The molecule has 0 radical (unpaired) electrons. The van der Waals surface area contributed by atoms with Gasteiger partial charge in [-0.3, -0.25) is 4.68 Å². The van der Waals surface area contributed by atoms with Crippen LogP contribution >= 0.6 is 0 Å². The summed E-state index contributed by atoms with van der Waals surface area (Å²) in [6.45, 7) is 5.00. The van der Waals surface area contributed by atoms with E-state index in [-0.39, 0.29) is 0 Å². The molecule has 0 aromatic carbocycles. The van der Waals surface area contributed by atoms with E-state index in [1.165, 1.54) is 5.56 Å². The van der Waals surface area contributed by atoms with E-state index in [0.29, 0.717) is 18.4 Å². The fourth-order valence-corrected chi connectivity index (χ4v) is 1.54. The van der Waals surface area contributed by atoms with Gasteiger partial charge in [-0.05, 0) is 17.9 Å². The molecule has 0 aliphatic rings. The van der Waals surface area contributed by atoms with Crippen LogP contribution in [0.5, 0.6) is 0 Å². The van der Waals surface area contributed by atoms with Crippen molar-refractivity contribution in [3.63, 3.8) is 0 Å². The molecule has 0 spiro atoms. The van der Waals surface area contributed by atoms with Crippen molar-refractivity contribution in [1.82, 2.24) is 14.8 Å². The molecule has 0 fully saturated rings. The van der Waals surface area contributed by atoms with E-state index in [1.54, 1.807) is 12.5 Å². The fourth-order valence-electron chi connectivity index (χ4n) is 1.54. The third-order valence-corrected chi connectivity index (χ3v) is 2.11. The number of hydrogen-bond donors (Lipinski definition) is 0. The van der Waals surface area contributed by atoms with E-state index in [2.05, 4.69) is 23.9 Å². The molecular weight excluding hydrogens is 190 g/mol. The number of aromatic nitrogens is 3. The van der Waals surface area contributed by atoms with Crippen molar-refractivity contribution in [1.29, 1.82) is 0 Å². The van der Waals surface area contributed by atoms with Crippen molar-refractivity contribution in [2.45, 2.75) is 26.8 Å². The Hall–Kier alpha value is -1.58. The van der Waals surface area contributed by atoms with Gasteiger partial charge in [-0.25, -0.2) is 4.98 Å². The van der Waals surface area contributed by atoms with Crippen molar-refractivity contribution < 1.29 is 4.42 Å². The zero-order valence-corrected chi connectivity index (χ0v) is 9.05. The average Bonchev–Trinajstić information content (AvgIpc) is 2.77. The Morgan fingerprint density at radius 3 is 3.00 bits per heavy atom. The summed E-state index contributed by atoms with van der Waals surface area (Å²) in [4.78, 5) is 4.05. The second-order valence-corrected chi connectivity index (χ2v) is 4.07. The van der Waals surface area contributed by atoms with Crippen molar-refractivity contribution in [2.75, 3.05) is 0 Å². The Morgan fingerprint density at radius 2 is 2.33 bits per heavy atom. The van der Waals surface area contributed by atoms with Crippen LogP contribution < -0.4 is 0 Å². The van der Waals surface area contributed by atoms with E-state index in [4.69, 9.17) is 4.42 Å². The number of hydrogen-bond acceptors (Lipinski definition) is 3. The molecule has 0 saturated carbocycles. The van der Waals surface area contributed by atoms with Gasteiger partial charge in [-0.15, -0.1) is 0 Å². The van der Waals surface area contributed by atoms with E-state index < -0.39 is 0 Å². The Bertz CT molecular complexity index is 403. The molecule has 0 unspecified atom stereocenters. The summed E-state index contributed by atoms with van der Waals surface area (Å²) in [5.41, 5.74) is 1.26. The number of nitrogens with zero attached hydrogens (tertiary/aromatic N) is 3. The molecule has 0 N–H and O–H groups in total. The zero-order valence-electron chi connectivity index (χ0n) is 9.05. The van der Waals surface area contributed by atoms with Crippen LogP contribution in [0.3, 0.4) is 0 Å². The largest absolute Gasteiger partial charge is 0.447 e. The van der Waals surface area contributed by atoms with E-state index in [9.17, 15) is 0 Å². The lowest BCUT2D eigenvalue weighted by Crippen LogP contribution is -2.00. The van der Waals surface area contributed by atoms with Crippen molar-refractivity contribution >= 4 is 0 Å². The van der Waals surface area contributed by atoms with Gasteiger partial charge in [-0.2, -0.15) is 5.10 Å². The summed E-state index contributed by atoms with van der Waals surface area (Å²) in [6, 6.07) is 0. The molecule has 80 valence electrons. The van der Waals surface area contributed by atoms with Crippen LogP contribution in [-0.4, -0.2) is 14.8 Å². The summed E-state index contributed by atoms with van der Waals surface area (Å²) in [6.07, 6.45) is 8.24. The third-order valence-electron chi connectivity index (χ3n) is 2.11. The van der Waals surface area contributed by atoms with Gasteiger partial charge < -0.3 is 4.42 Å². The highest BCUT2D eigenvalue weighted by atomic mass is 16.3. The second kappa shape index (κ2) is 4.29. The van der Waals surface area contributed by atoms with Crippen LogP contribution in [0.4, 0.5) is 0 Å². The van der Waals surface area contributed by atoms with Crippen LogP contribution in [0, 0.1) is 5.92 Å². The average molecular weight is 205 g/mol. The van der Waals surface area contributed by atoms with Gasteiger partial charge >= 0.3 is 0 Å². The highest BCUT2D eigenvalue weighted by Crippen LogP contribution is 2.07. The smallest absolute Gasteiger partial charge is 0.215 e. The molecule has 0 aliphatic carbocycles. The molecule has 0 bridgehead atoms. The van der Waals surface area contributed by atoms with Crippen LogP contribution in [0.1, 0.15) is 25.3 Å². The Balaban J connectivity index is 2.01. The summed E-state index contributed by atoms with van der Waals surface area (Å²) in [7, 11) is 0. The predicted molar refractivity (Wildman–Crippen MR) is 56.4 cm³/mol. The fraction of sp³-hybridized carbons (Fsp3) is 0.455. The maximum Gasteiger partial charge on any atom is 0.215 e. The lowest BCUT2D eigenvalue weighted by Gasteiger charge is -1.99. The molecule has 2 aromatic heterocycles. The maximum absolute atomic E-state index is 5.16. The van der Waals surface area contributed by atoms with Gasteiger partial charge in [-0.1, -0.05) is 13.8 Å². The molecule has 4 heteroatoms. The van der Waals surface area contributed by atoms with Crippen molar-refractivity contribution in [3.8, 4) is 0 Å². The first-order valence-electron chi connectivity index (χ1n) is 5.13. The van der Waals surface area contributed by atoms with Gasteiger partial charge in [0.05, 0.1) is 12.4 Å². The second-order valence-electron chi connectivity index (χ2n) is 4.07. The van der Waals surface area contributed by atoms with Gasteiger partial charge in [0, 0.05) is 6.20 Å². The molecule has 2 aromatic rings. The molecule has 4 nitrogen and oxygen atoms in total. The summed E-state index contributed by atoms with van der Waals surface area (Å²) in [5.74, 6) is 1.35. The minimum Gasteiger partial charge on any atom is -0.447 e. The first kappa shape index (κ1) is 9.96. The summed E-state index contributed by atoms with van der Waals surface area (Å²) in [5, 5.41) is 4.26. The molecule has 2 rings (SSSR count). The summed E-state index contributed by atoms with van der Waals surface area (Å²) < 4.78 is 7.01. The maximum atomic E-state index is 5.16. The normalized spacial score (nSPS) is 11.1. The lowest BCUT2D eigenvalue weighted by atomic mass is 10.1. The molecule has 2 heterocycles. The van der Waals surface area contributed by atoms with Gasteiger partial charge in [0.1, 0.15) is 12.8 Å². The molecule has 0 amide bonds. The number of oxazole rings is 1. The first-order valence-corrected chi connectivity index (χ1v) is 5.13. The van der Waals surface area contributed by atoms with Crippen LogP contribution in [0.2, 0.25) is 0 Å². The monoisotopic (exact) mass is 205 g/mol. The van der Waals surface area contributed by atoms with Gasteiger partial charge in [0.25, 0.3) is 0 Å². The highest BCUT2D eigenvalue weighted by Gasteiger charge is 2.03. The highest BCUT2D eigenvalue weighted by molar-refractivity contribution is 5.05.